The highest BCUT2D eigenvalue weighted by Crippen LogP contribution is 2.42. The number of hydrogen-bond donors (Lipinski definition) is 13. The molecule has 1 aromatic heterocycles. The van der Waals surface area contributed by atoms with E-state index in [4.69, 9.17) is 28.6 Å². The highest BCUT2D eigenvalue weighted by Gasteiger charge is 2.32. The number of hydrogen-bond acceptors (Lipinski definition) is 24. The number of carboxylic acids is 6. The van der Waals surface area contributed by atoms with Crippen molar-refractivity contribution in [3.05, 3.63) is 54.1 Å². The Morgan fingerprint density at radius 1 is 0.473 bits per heavy atom. The smallest absolute Gasteiger partial charge is 0.403 e. The molecule has 2 aliphatic heterocycles. The van der Waals surface area contributed by atoms with Crippen molar-refractivity contribution in [2.45, 2.75) is 128 Å². The molecule has 0 spiro atoms. The molecule has 1 saturated heterocycles. The van der Waals surface area contributed by atoms with Gasteiger partial charge in [0.2, 0.25) is 35.4 Å². The zero-order chi connectivity index (χ0) is 80.2. The van der Waals surface area contributed by atoms with Crippen LogP contribution in [0.1, 0.15) is 102 Å². The van der Waals surface area contributed by atoms with Gasteiger partial charge in [0, 0.05) is 134 Å². The van der Waals surface area contributed by atoms with E-state index < -0.39 is 86.3 Å². The van der Waals surface area contributed by atoms with Crippen LogP contribution in [-0.4, -0.2) is 317 Å². The molecule has 0 radical (unpaired) electrons. The van der Waals surface area contributed by atoms with E-state index in [2.05, 4.69) is 36.9 Å². The minimum atomic E-state index is -4.59. The minimum absolute atomic E-state index is 0.0287. The number of para-hydroxylation sites is 1. The standard InChI is InChI=1S/C70H107N14O25P/c1-50(11-9-36-109-110(103,104)77-55(70(101)102)18-22-63(91)92)74-60(88)19-17-54(69(99)100)75-59(87)16-3-2-8-24-71-58(86)23-37-105-39-41-107-43-44-108-42-40-106-38-26-73-57(85)20-21-62(90)83-45-51-12-4-5-13-52(51)68-67(53-14-6-7-15-56(53)83)76-78-84(68)27-10-25-72-61(89)46-79-28-30-80(47-64(93)94)32-34-82(49-66(97)98)35-33-81(31-29-79)48-65(95)96/h4-7,12-15,50,54-55H,2-3,8-11,16-49H2,1H3,(H,71,86)(H,72,89)(H,73,85)(H,74,88)(H,75,87)(H,91,92)(H,93,94)(H,95,96)(H,97,98)(H,99,100)(H,101,102)(H2,77,103,104)/t50-,54+,55?/m1/s1. The maximum absolute atomic E-state index is 14.1. The van der Waals surface area contributed by atoms with Gasteiger partial charge in [-0.1, -0.05) is 54.1 Å². The van der Waals surface area contributed by atoms with Crippen LogP contribution in [0.2, 0.25) is 0 Å². The normalized spacial score (nSPS) is 15.2. The Bertz CT molecular complexity index is 3490. The fraction of sp³-hybridized carbons (Fsp3) is 0.629. The van der Waals surface area contributed by atoms with Crippen LogP contribution in [0.15, 0.2) is 48.5 Å². The van der Waals surface area contributed by atoms with Crippen molar-refractivity contribution in [3.8, 4) is 22.5 Å². The SMILES string of the molecule is C[C@H](CCCOP(=O)(O)NC(CCC(=O)O)C(=O)O)NC(=O)CC[C@H](NC(=O)CCCCCNC(=O)CCOCCOCCOCCOCCNC(=O)CCC(=O)N1Cc2ccccc2-c2c(nnn2CCCNC(=O)CN2CCN(CC(=O)O)CCN(CC(=O)O)CCN(CC(=O)O)CC2)-c2ccccc21)C(=O)O. The number of nitrogens with zero attached hydrogens (tertiary/aromatic N) is 8. The average Bonchev–Trinajstić information content (AvgIpc) is 1.60. The van der Waals surface area contributed by atoms with Crippen molar-refractivity contribution in [1.82, 2.24) is 66.3 Å². The van der Waals surface area contributed by atoms with Crippen LogP contribution in [0.3, 0.4) is 0 Å². The maximum Gasteiger partial charge on any atom is 0.403 e. The number of unbranched alkanes of at least 4 members (excludes halogenated alkanes) is 2. The zero-order valence-corrected chi connectivity index (χ0v) is 63.0. The number of carbonyl (C=O) groups excluding carboxylic acids is 6. The molecule has 40 heteroatoms. The third-order valence-electron chi connectivity index (χ3n) is 17.5. The van der Waals surface area contributed by atoms with Crippen LogP contribution in [-0.2, 0) is 98.7 Å². The molecule has 0 saturated carbocycles. The lowest BCUT2D eigenvalue weighted by atomic mass is 9.95. The summed E-state index contributed by atoms with van der Waals surface area (Å²) in [5.74, 6) is -9.39. The fourth-order valence-electron chi connectivity index (χ4n) is 11.8. The van der Waals surface area contributed by atoms with Gasteiger partial charge in [-0.3, -0.25) is 76.9 Å². The second kappa shape index (κ2) is 50.7. The third-order valence-corrected chi connectivity index (χ3v) is 18.6. The van der Waals surface area contributed by atoms with Crippen molar-refractivity contribution in [2.75, 3.05) is 163 Å². The molecule has 0 bridgehead atoms. The van der Waals surface area contributed by atoms with Gasteiger partial charge in [-0.25, -0.2) is 19.1 Å². The maximum atomic E-state index is 14.1. The van der Waals surface area contributed by atoms with Crippen LogP contribution in [0.25, 0.3) is 22.5 Å². The predicted octanol–water partition coefficient (Wildman–Crippen LogP) is 0.129. The zero-order valence-electron chi connectivity index (χ0n) is 62.1. The molecule has 2 aromatic carbocycles. The van der Waals surface area contributed by atoms with Crippen molar-refractivity contribution in [2.24, 2.45) is 0 Å². The third kappa shape index (κ3) is 37.1. The van der Waals surface area contributed by atoms with Crippen molar-refractivity contribution >= 4 is 84.7 Å². The van der Waals surface area contributed by atoms with Crippen LogP contribution >= 0.6 is 7.75 Å². The number of fused-ring (bicyclic) bond motifs is 5. The molecular formula is C70H107N14O25P. The summed E-state index contributed by atoms with van der Waals surface area (Å²) >= 11 is 0. The summed E-state index contributed by atoms with van der Waals surface area (Å²) in [4.78, 5) is 165. The van der Waals surface area contributed by atoms with Gasteiger partial charge in [0.1, 0.15) is 17.8 Å². The topological polar surface area (TPSA) is 529 Å². The number of aliphatic carboxylic acids is 6. The summed E-state index contributed by atoms with van der Waals surface area (Å²) in [6, 6.07) is 11.6. The van der Waals surface area contributed by atoms with Crippen molar-refractivity contribution in [3.63, 3.8) is 0 Å². The molecule has 39 nitrogen and oxygen atoms in total. The van der Waals surface area contributed by atoms with E-state index in [0.717, 1.165) is 16.8 Å². The molecule has 2 aliphatic rings. The predicted molar refractivity (Wildman–Crippen MR) is 393 cm³/mol. The molecule has 3 heterocycles. The van der Waals surface area contributed by atoms with Crippen molar-refractivity contribution in [1.29, 1.82) is 0 Å². The molecule has 612 valence electrons. The van der Waals surface area contributed by atoms with Gasteiger partial charge < -0.3 is 86.0 Å². The number of carbonyl (C=O) groups is 12. The quantitative estimate of drug-likeness (QED) is 0.0264. The molecule has 2 unspecified atom stereocenters. The summed E-state index contributed by atoms with van der Waals surface area (Å²) in [6.07, 6.45) is 1.04. The Balaban J connectivity index is 0.884. The number of aromatic nitrogens is 3. The number of ether oxygens (including phenoxy) is 4. The van der Waals surface area contributed by atoms with Gasteiger partial charge in [0.15, 0.2) is 0 Å². The van der Waals surface area contributed by atoms with E-state index in [1.54, 1.807) is 31.2 Å². The van der Waals surface area contributed by atoms with Gasteiger partial charge >= 0.3 is 43.6 Å². The Kier molecular flexibility index (Phi) is 42.3. The highest BCUT2D eigenvalue weighted by atomic mass is 31.2. The number of aryl methyl sites for hydroxylation is 1. The molecule has 110 heavy (non-hydrogen) atoms. The largest absolute Gasteiger partial charge is 0.481 e. The summed E-state index contributed by atoms with van der Waals surface area (Å²) in [5.41, 5.74) is 4.16. The fourth-order valence-corrected chi connectivity index (χ4v) is 12.9. The molecule has 13 N–H and O–H groups in total. The first-order valence-electron chi connectivity index (χ1n) is 36.7. The summed E-state index contributed by atoms with van der Waals surface area (Å²) in [7, 11) is -4.59. The van der Waals surface area contributed by atoms with Crippen LogP contribution < -0.4 is 36.6 Å². The molecule has 6 amide bonds. The van der Waals surface area contributed by atoms with Crippen LogP contribution in [0, 0.1) is 0 Å². The minimum Gasteiger partial charge on any atom is -0.481 e. The van der Waals surface area contributed by atoms with Gasteiger partial charge in [-0.15, -0.1) is 5.10 Å². The number of rotatable bonds is 53. The lowest BCUT2D eigenvalue weighted by Crippen LogP contribution is -2.49. The molecule has 0 aliphatic carbocycles. The summed E-state index contributed by atoms with van der Waals surface area (Å²) < 4.78 is 41.1. The number of benzene rings is 2. The summed E-state index contributed by atoms with van der Waals surface area (Å²) in [6.45, 7) is 6.07. The number of nitrogens with one attached hydrogen (secondary N) is 6. The number of anilines is 1. The molecular weight excluding hydrogens is 1470 g/mol. The van der Waals surface area contributed by atoms with Crippen LogP contribution in [0.4, 0.5) is 5.69 Å². The first-order chi connectivity index (χ1) is 52.7. The second-order valence-corrected chi connectivity index (χ2v) is 27.8. The highest BCUT2D eigenvalue weighted by molar-refractivity contribution is 7.50. The van der Waals surface area contributed by atoms with Crippen molar-refractivity contribution < 1.29 is 121 Å². The van der Waals surface area contributed by atoms with Gasteiger partial charge in [-0.2, -0.15) is 0 Å². The molecule has 5 rings (SSSR count). The Hall–Kier alpha value is -8.99. The van der Waals surface area contributed by atoms with E-state index in [1.807, 2.05) is 58.5 Å². The average molecular weight is 1580 g/mol. The Morgan fingerprint density at radius 3 is 1.57 bits per heavy atom. The first kappa shape index (κ1) is 91.6. The molecule has 3 aromatic rings. The molecule has 4 atom stereocenters. The summed E-state index contributed by atoms with van der Waals surface area (Å²) in [5, 5.41) is 81.0. The Morgan fingerprint density at radius 2 is 0.982 bits per heavy atom. The van der Waals surface area contributed by atoms with E-state index in [0.29, 0.717) is 82.0 Å². The van der Waals surface area contributed by atoms with Gasteiger partial charge in [0.05, 0.1) is 104 Å². The number of carboxylic acid groups (broad SMARTS) is 6. The first-order valence-corrected chi connectivity index (χ1v) is 38.3. The molecule has 1 fully saturated rings. The second-order valence-electron chi connectivity index (χ2n) is 26.3. The monoisotopic (exact) mass is 1570 g/mol. The number of amides is 6. The van der Waals surface area contributed by atoms with E-state index in [1.165, 1.54) is 0 Å². The van der Waals surface area contributed by atoms with E-state index in [-0.39, 0.29) is 206 Å². The van der Waals surface area contributed by atoms with Crippen LogP contribution in [0.5, 0.6) is 0 Å². The van der Waals surface area contributed by atoms with E-state index >= 15 is 0 Å². The van der Waals surface area contributed by atoms with Gasteiger partial charge in [0.25, 0.3) is 0 Å². The Labute approximate surface area is 636 Å². The van der Waals surface area contributed by atoms with Gasteiger partial charge in [-0.05, 0) is 63.5 Å². The lowest BCUT2D eigenvalue weighted by molar-refractivity contribution is -0.142. The lowest BCUT2D eigenvalue weighted by Gasteiger charge is -2.32. The van der Waals surface area contributed by atoms with E-state index in [9.17, 15) is 92.5 Å².